The van der Waals surface area contributed by atoms with E-state index in [-0.39, 0.29) is 11.5 Å². The molecule has 2 heterocycles. The summed E-state index contributed by atoms with van der Waals surface area (Å²) < 4.78 is 3.23. The minimum absolute atomic E-state index is 0.0175. The Morgan fingerprint density at radius 1 is 1.00 bits per heavy atom. The Balaban J connectivity index is 1.37. The number of rotatable bonds is 9. The van der Waals surface area contributed by atoms with Gasteiger partial charge in [0.1, 0.15) is 0 Å². The van der Waals surface area contributed by atoms with E-state index in [4.69, 9.17) is 0 Å². The van der Waals surface area contributed by atoms with Crippen LogP contribution >= 0.6 is 11.8 Å². The van der Waals surface area contributed by atoms with E-state index >= 15 is 0 Å². The van der Waals surface area contributed by atoms with Crippen molar-refractivity contribution in [2.24, 2.45) is 0 Å². The third-order valence-electron chi connectivity index (χ3n) is 6.13. The van der Waals surface area contributed by atoms with Gasteiger partial charge in [0, 0.05) is 24.4 Å². The Morgan fingerprint density at radius 3 is 2.40 bits per heavy atom. The van der Waals surface area contributed by atoms with Crippen LogP contribution in [0.5, 0.6) is 0 Å². The zero-order chi connectivity index (χ0) is 24.9. The van der Waals surface area contributed by atoms with Gasteiger partial charge in [0.15, 0.2) is 5.52 Å². The molecule has 0 aliphatic rings. The van der Waals surface area contributed by atoms with Crippen LogP contribution in [0.25, 0.3) is 16.6 Å². The van der Waals surface area contributed by atoms with Crippen molar-refractivity contribution in [1.82, 2.24) is 24.9 Å². The number of carbonyl (C=O) groups is 1. The van der Waals surface area contributed by atoms with Crippen LogP contribution in [0.15, 0.2) is 58.2 Å². The summed E-state index contributed by atoms with van der Waals surface area (Å²) in [5.41, 5.74) is 5.10. The molecule has 0 atom stereocenters. The zero-order valence-corrected chi connectivity index (χ0v) is 21.5. The lowest BCUT2D eigenvalue weighted by molar-refractivity contribution is -0.121. The maximum absolute atomic E-state index is 13.1. The van der Waals surface area contributed by atoms with Crippen molar-refractivity contribution in [3.05, 3.63) is 81.4 Å². The first-order chi connectivity index (χ1) is 16.9. The third kappa shape index (κ3) is 5.65. The number of carbonyl (C=O) groups excluding carboxylic acids is 1. The van der Waals surface area contributed by atoms with E-state index in [0.29, 0.717) is 31.4 Å². The molecule has 0 saturated carbocycles. The monoisotopic (exact) mass is 489 g/mol. The summed E-state index contributed by atoms with van der Waals surface area (Å²) in [6.07, 6.45) is 3.72. The van der Waals surface area contributed by atoms with Crippen molar-refractivity contribution in [3.63, 3.8) is 0 Å². The lowest BCUT2D eigenvalue weighted by Gasteiger charge is -2.08. The lowest BCUT2D eigenvalue weighted by atomic mass is 10.1. The molecule has 182 valence electrons. The molecule has 2 aromatic heterocycles. The van der Waals surface area contributed by atoms with E-state index in [1.54, 1.807) is 16.4 Å². The maximum atomic E-state index is 13.1. The molecule has 0 aliphatic carbocycles. The molecule has 2 aromatic carbocycles. The van der Waals surface area contributed by atoms with E-state index in [0.717, 1.165) is 34.4 Å². The fourth-order valence-electron chi connectivity index (χ4n) is 4.19. The van der Waals surface area contributed by atoms with Crippen LogP contribution < -0.4 is 10.9 Å². The number of hydrogen-bond acceptors (Lipinski definition) is 5. The van der Waals surface area contributed by atoms with E-state index in [9.17, 15) is 9.59 Å². The van der Waals surface area contributed by atoms with Crippen molar-refractivity contribution in [2.45, 2.75) is 51.5 Å². The van der Waals surface area contributed by atoms with Crippen molar-refractivity contribution < 1.29 is 4.79 Å². The fourth-order valence-corrected chi connectivity index (χ4v) is 4.60. The standard InChI is InChI=1S/C27H31N5O2S/c1-18-7-11-22(12-8-18)32-20(3)25-19(2)29-31(27(34)26(25)30-32)17-5-6-24(33)28-16-15-21-9-13-23(35-4)14-10-21/h7-14H,5-6,15-17H2,1-4H3,(H,28,33). The highest BCUT2D eigenvalue weighted by molar-refractivity contribution is 7.98. The molecule has 0 unspecified atom stereocenters. The van der Waals surface area contributed by atoms with Gasteiger partial charge in [-0.2, -0.15) is 10.2 Å². The van der Waals surface area contributed by atoms with Crippen molar-refractivity contribution in [3.8, 4) is 5.69 Å². The van der Waals surface area contributed by atoms with Gasteiger partial charge in [-0.05, 0) is 69.7 Å². The van der Waals surface area contributed by atoms with Gasteiger partial charge in [-0.3, -0.25) is 9.59 Å². The Morgan fingerprint density at radius 2 is 1.71 bits per heavy atom. The van der Waals surface area contributed by atoms with Crippen molar-refractivity contribution in [2.75, 3.05) is 12.8 Å². The Kier molecular flexibility index (Phi) is 7.70. The van der Waals surface area contributed by atoms with Gasteiger partial charge in [-0.1, -0.05) is 29.8 Å². The highest BCUT2D eigenvalue weighted by Crippen LogP contribution is 2.21. The van der Waals surface area contributed by atoms with Crippen LogP contribution in [0.2, 0.25) is 0 Å². The van der Waals surface area contributed by atoms with Crippen LogP contribution in [0.4, 0.5) is 0 Å². The summed E-state index contributed by atoms with van der Waals surface area (Å²) in [5.74, 6) is -0.0175. The lowest BCUT2D eigenvalue weighted by Crippen LogP contribution is -2.27. The predicted octanol–water partition coefficient (Wildman–Crippen LogP) is 4.37. The number of thioether (sulfide) groups is 1. The van der Waals surface area contributed by atoms with E-state index in [1.807, 2.05) is 45.0 Å². The molecule has 0 radical (unpaired) electrons. The molecule has 0 aliphatic heterocycles. The normalized spacial score (nSPS) is 11.2. The van der Waals surface area contributed by atoms with E-state index in [2.05, 4.69) is 46.0 Å². The Labute approximate surface area is 209 Å². The Hall–Kier alpha value is -3.39. The molecule has 8 heteroatoms. The molecule has 4 aromatic rings. The molecule has 1 N–H and O–H groups in total. The molecule has 0 saturated heterocycles. The third-order valence-corrected chi connectivity index (χ3v) is 6.88. The average Bonchev–Trinajstić information content (AvgIpc) is 3.21. The van der Waals surface area contributed by atoms with Gasteiger partial charge in [-0.25, -0.2) is 9.36 Å². The minimum atomic E-state index is -0.228. The van der Waals surface area contributed by atoms with Gasteiger partial charge in [0.05, 0.1) is 22.5 Å². The second-order valence-corrected chi connectivity index (χ2v) is 9.60. The van der Waals surface area contributed by atoms with Crippen LogP contribution in [-0.2, 0) is 17.8 Å². The number of benzene rings is 2. The first-order valence-electron chi connectivity index (χ1n) is 11.8. The predicted molar refractivity (Wildman–Crippen MR) is 142 cm³/mol. The summed E-state index contributed by atoms with van der Waals surface area (Å²) in [6.45, 7) is 6.85. The van der Waals surface area contributed by atoms with Crippen molar-refractivity contribution in [1.29, 1.82) is 0 Å². The quantitative estimate of drug-likeness (QED) is 0.353. The molecule has 35 heavy (non-hydrogen) atoms. The highest BCUT2D eigenvalue weighted by Gasteiger charge is 2.17. The average molecular weight is 490 g/mol. The topological polar surface area (TPSA) is 81.8 Å². The number of nitrogens with one attached hydrogen (secondary N) is 1. The van der Waals surface area contributed by atoms with E-state index < -0.39 is 0 Å². The molecule has 0 spiro atoms. The first-order valence-corrected chi connectivity index (χ1v) is 13.0. The molecule has 4 rings (SSSR count). The Bertz CT molecular complexity index is 1390. The van der Waals surface area contributed by atoms with Gasteiger partial charge in [0.2, 0.25) is 5.91 Å². The number of hydrogen-bond donors (Lipinski definition) is 1. The molecule has 0 fully saturated rings. The van der Waals surface area contributed by atoms with Crippen LogP contribution in [0.3, 0.4) is 0 Å². The summed E-state index contributed by atoms with van der Waals surface area (Å²) in [7, 11) is 0. The zero-order valence-electron chi connectivity index (χ0n) is 20.7. The SMILES string of the molecule is CSc1ccc(CCNC(=O)CCCn2nc(C)c3c(C)n(-c4ccc(C)cc4)nc3c2=O)cc1. The number of aromatic nitrogens is 4. The molecule has 0 bridgehead atoms. The maximum Gasteiger partial charge on any atom is 0.295 e. The summed E-state index contributed by atoms with van der Waals surface area (Å²) in [4.78, 5) is 26.6. The highest BCUT2D eigenvalue weighted by atomic mass is 32.2. The van der Waals surface area contributed by atoms with Crippen LogP contribution in [-0.4, -0.2) is 38.3 Å². The number of fused-ring (bicyclic) bond motifs is 1. The smallest absolute Gasteiger partial charge is 0.295 e. The molecular weight excluding hydrogens is 458 g/mol. The second kappa shape index (κ2) is 10.9. The number of aryl methyl sites for hydroxylation is 4. The number of amides is 1. The largest absolute Gasteiger partial charge is 0.356 e. The van der Waals surface area contributed by atoms with Crippen LogP contribution in [0, 0.1) is 20.8 Å². The molecular formula is C27H31N5O2S. The molecule has 1 amide bonds. The fraction of sp³-hybridized carbons (Fsp3) is 0.333. The van der Waals surface area contributed by atoms with Gasteiger partial charge >= 0.3 is 0 Å². The van der Waals surface area contributed by atoms with Gasteiger partial charge in [-0.15, -0.1) is 11.8 Å². The van der Waals surface area contributed by atoms with Crippen molar-refractivity contribution >= 4 is 28.6 Å². The minimum Gasteiger partial charge on any atom is -0.356 e. The summed E-state index contributed by atoms with van der Waals surface area (Å²) >= 11 is 1.71. The second-order valence-electron chi connectivity index (χ2n) is 8.72. The van der Waals surface area contributed by atoms with Gasteiger partial charge < -0.3 is 5.32 Å². The van der Waals surface area contributed by atoms with Gasteiger partial charge in [0.25, 0.3) is 5.56 Å². The summed E-state index contributed by atoms with van der Waals surface area (Å²) in [6, 6.07) is 16.4. The van der Waals surface area contributed by atoms with Crippen LogP contribution in [0.1, 0.15) is 35.4 Å². The van der Waals surface area contributed by atoms with E-state index in [1.165, 1.54) is 15.1 Å². The molecule has 7 nitrogen and oxygen atoms in total. The number of nitrogens with zero attached hydrogens (tertiary/aromatic N) is 4. The first kappa shape index (κ1) is 24.7. The summed E-state index contributed by atoms with van der Waals surface area (Å²) in [5, 5.41) is 12.9.